The van der Waals surface area contributed by atoms with Crippen LogP contribution < -0.4 is 0 Å². The van der Waals surface area contributed by atoms with E-state index >= 15 is 0 Å². The fourth-order valence-electron chi connectivity index (χ4n) is 5.41. The van der Waals surface area contributed by atoms with Gasteiger partial charge in [-0.3, -0.25) is 9.59 Å². The second-order valence-electron chi connectivity index (χ2n) is 5.60. The molecule has 0 heterocycles. The van der Waals surface area contributed by atoms with E-state index in [9.17, 15) is 9.59 Å². The zero-order chi connectivity index (χ0) is 10.5. The average Bonchev–Trinajstić information content (AvgIpc) is 2.55. The van der Waals surface area contributed by atoms with Crippen molar-refractivity contribution >= 4 is 11.9 Å². The Hall–Kier alpha value is -1.06. The summed E-state index contributed by atoms with van der Waals surface area (Å²) in [6.45, 7) is 0. The first-order chi connectivity index (χ1) is 7.13. The maximum atomic E-state index is 11.2. The highest BCUT2D eigenvalue weighted by molar-refractivity contribution is 5.82. The highest BCUT2D eigenvalue weighted by atomic mass is 16.4. The van der Waals surface area contributed by atoms with Gasteiger partial charge in [0.05, 0.1) is 11.8 Å². The zero-order valence-corrected chi connectivity index (χ0v) is 8.04. The van der Waals surface area contributed by atoms with Crippen LogP contribution in [0.1, 0.15) is 6.42 Å². The molecule has 15 heavy (non-hydrogen) atoms. The van der Waals surface area contributed by atoms with Crippen LogP contribution in [-0.4, -0.2) is 22.2 Å². The molecule has 4 nitrogen and oxygen atoms in total. The number of carboxylic acid groups (broad SMARTS) is 2. The molecule has 4 heteroatoms. The minimum absolute atomic E-state index is 0.198. The van der Waals surface area contributed by atoms with Gasteiger partial charge in [0.25, 0.3) is 0 Å². The minimum atomic E-state index is -0.883. The molecule has 2 N–H and O–H groups in total. The molecule has 5 saturated carbocycles. The summed E-state index contributed by atoms with van der Waals surface area (Å²) in [7, 11) is 0. The number of carboxylic acids is 2. The van der Waals surface area contributed by atoms with Crippen molar-refractivity contribution in [3.05, 3.63) is 0 Å². The lowest BCUT2D eigenvalue weighted by atomic mass is 9.79. The van der Waals surface area contributed by atoms with Crippen LogP contribution in [0.25, 0.3) is 0 Å². The second-order valence-corrected chi connectivity index (χ2v) is 5.60. The fourth-order valence-corrected chi connectivity index (χ4v) is 5.41. The van der Waals surface area contributed by atoms with Crippen LogP contribution in [0.5, 0.6) is 0 Å². The van der Waals surface area contributed by atoms with Crippen molar-refractivity contribution in [1.82, 2.24) is 0 Å². The summed E-state index contributed by atoms with van der Waals surface area (Å²) >= 11 is 0. The third-order valence-corrected chi connectivity index (χ3v) is 5.50. The molecule has 0 aromatic heterocycles. The Kier molecular flexibility index (Phi) is 1.12. The molecule has 5 fully saturated rings. The van der Waals surface area contributed by atoms with Gasteiger partial charge >= 0.3 is 11.9 Å². The Bertz CT molecular complexity index is 356. The van der Waals surface area contributed by atoms with E-state index in [2.05, 4.69) is 0 Å². The molecule has 0 radical (unpaired) electrons. The summed E-state index contributed by atoms with van der Waals surface area (Å²) in [4.78, 5) is 22.3. The van der Waals surface area contributed by atoms with Gasteiger partial charge < -0.3 is 10.2 Å². The van der Waals surface area contributed by atoms with E-state index in [1.165, 1.54) is 0 Å². The third kappa shape index (κ3) is 0.647. The predicted octanol–water partition coefficient (Wildman–Crippen LogP) is 0.530. The average molecular weight is 208 g/mol. The van der Waals surface area contributed by atoms with E-state index in [-0.39, 0.29) is 11.8 Å². The molecular formula is C11H12O4. The van der Waals surface area contributed by atoms with Crippen molar-refractivity contribution in [3.63, 3.8) is 0 Å². The quantitative estimate of drug-likeness (QED) is 0.694. The van der Waals surface area contributed by atoms with Crippen LogP contribution >= 0.6 is 0 Å². The van der Waals surface area contributed by atoms with Gasteiger partial charge in [-0.2, -0.15) is 0 Å². The van der Waals surface area contributed by atoms with Gasteiger partial charge in [0.2, 0.25) is 0 Å². The Morgan fingerprint density at radius 3 is 1.53 bits per heavy atom. The van der Waals surface area contributed by atoms with Gasteiger partial charge in [-0.1, -0.05) is 0 Å². The van der Waals surface area contributed by atoms with Gasteiger partial charge in [0, 0.05) is 0 Å². The van der Waals surface area contributed by atoms with E-state index in [1.807, 2.05) is 0 Å². The highest BCUT2D eigenvalue weighted by Crippen LogP contribution is 2.83. The normalized spacial score (nSPS) is 62.1. The van der Waals surface area contributed by atoms with E-state index < -0.39 is 23.8 Å². The summed E-state index contributed by atoms with van der Waals surface area (Å²) in [6, 6.07) is 0. The predicted molar refractivity (Wildman–Crippen MR) is 47.8 cm³/mol. The third-order valence-electron chi connectivity index (χ3n) is 5.50. The maximum Gasteiger partial charge on any atom is 0.307 e. The smallest absolute Gasteiger partial charge is 0.307 e. The number of aliphatic carboxylic acids is 2. The Labute approximate surface area is 86.3 Å². The lowest BCUT2D eigenvalue weighted by molar-refractivity contribution is -0.156. The summed E-state index contributed by atoms with van der Waals surface area (Å²) in [5, 5.41) is 18.3. The minimum Gasteiger partial charge on any atom is -0.481 e. The molecule has 6 bridgehead atoms. The van der Waals surface area contributed by atoms with Crippen molar-refractivity contribution in [2.24, 2.45) is 47.3 Å². The van der Waals surface area contributed by atoms with E-state index in [0.29, 0.717) is 23.7 Å². The molecule has 0 amide bonds. The lowest BCUT2D eigenvalue weighted by Crippen LogP contribution is -2.35. The van der Waals surface area contributed by atoms with Crippen molar-refractivity contribution in [2.75, 3.05) is 0 Å². The summed E-state index contributed by atoms with van der Waals surface area (Å²) in [5.74, 6) is -0.279. The van der Waals surface area contributed by atoms with E-state index in [0.717, 1.165) is 6.42 Å². The first-order valence-corrected chi connectivity index (χ1v) is 5.58. The highest BCUT2D eigenvalue weighted by Gasteiger charge is 2.82. The number of hydrogen-bond donors (Lipinski definition) is 2. The Morgan fingerprint density at radius 1 is 0.800 bits per heavy atom. The lowest BCUT2D eigenvalue weighted by Gasteiger charge is -2.23. The molecule has 0 aromatic rings. The maximum absolute atomic E-state index is 11.2. The number of carbonyl (C=O) groups is 2. The molecule has 80 valence electrons. The Balaban J connectivity index is 1.81. The molecule has 0 aliphatic heterocycles. The molecule has 8 atom stereocenters. The van der Waals surface area contributed by atoms with Crippen LogP contribution in [0.2, 0.25) is 0 Å². The van der Waals surface area contributed by atoms with Gasteiger partial charge in [-0.15, -0.1) is 0 Å². The number of hydrogen-bond acceptors (Lipinski definition) is 2. The van der Waals surface area contributed by atoms with E-state index in [4.69, 9.17) is 10.2 Å². The van der Waals surface area contributed by atoms with Gasteiger partial charge in [-0.25, -0.2) is 0 Å². The largest absolute Gasteiger partial charge is 0.481 e. The van der Waals surface area contributed by atoms with Gasteiger partial charge in [0.1, 0.15) is 0 Å². The standard InChI is InChI=1S/C11H12O4/c12-10(13)8-6-3-1-2-4(6)5(2)7(3)9(8)11(14)15/h2-9H,1H2,(H,12,13)(H,14,15)/t2?,3?,4-,5-,6+,7+,8-,9+/m1/s1. The first kappa shape index (κ1) is 8.13. The SMILES string of the molecule is O=C(O)[C@@H]1[C@H](C(=O)O)[C@H]2C3CC4[C@H]([C@@H]42)[C@H]31. The molecule has 0 saturated heterocycles. The molecule has 0 spiro atoms. The summed E-state index contributed by atoms with van der Waals surface area (Å²) < 4.78 is 0. The van der Waals surface area contributed by atoms with Crippen LogP contribution in [-0.2, 0) is 9.59 Å². The molecule has 5 aliphatic carbocycles. The monoisotopic (exact) mass is 208 g/mol. The van der Waals surface area contributed by atoms with Crippen molar-refractivity contribution < 1.29 is 19.8 Å². The summed E-state index contributed by atoms with van der Waals surface area (Å²) in [6.07, 6.45) is 1.11. The van der Waals surface area contributed by atoms with Crippen LogP contribution in [0.15, 0.2) is 0 Å². The van der Waals surface area contributed by atoms with Crippen LogP contribution in [0.3, 0.4) is 0 Å². The topological polar surface area (TPSA) is 74.6 Å². The van der Waals surface area contributed by atoms with Crippen molar-refractivity contribution in [3.8, 4) is 0 Å². The Morgan fingerprint density at radius 2 is 1.20 bits per heavy atom. The van der Waals surface area contributed by atoms with Crippen LogP contribution in [0, 0.1) is 47.3 Å². The van der Waals surface area contributed by atoms with Crippen LogP contribution in [0.4, 0.5) is 0 Å². The van der Waals surface area contributed by atoms with Gasteiger partial charge in [0.15, 0.2) is 0 Å². The molecular weight excluding hydrogens is 196 g/mol. The second kappa shape index (κ2) is 2.06. The molecule has 5 aliphatic rings. The van der Waals surface area contributed by atoms with Gasteiger partial charge in [-0.05, 0) is 41.9 Å². The zero-order valence-electron chi connectivity index (χ0n) is 8.04. The van der Waals surface area contributed by atoms with E-state index in [1.54, 1.807) is 0 Å². The molecule has 0 aromatic carbocycles. The molecule has 2 unspecified atom stereocenters. The molecule has 5 rings (SSSR count). The fraction of sp³-hybridized carbons (Fsp3) is 0.818. The number of rotatable bonds is 2. The van der Waals surface area contributed by atoms with Crippen molar-refractivity contribution in [2.45, 2.75) is 6.42 Å². The first-order valence-electron chi connectivity index (χ1n) is 5.58. The van der Waals surface area contributed by atoms with Crippen molar-refractivity contribution in [1.29, 1.82) is 0 Å². The summed E-state index contributed by atoms with van der Waals surface area (Å²) in [5.41, 5.74) is 0.